The van der Waals surface area contributed by atoms with Gasteiger partial charge in [0.2, 0.25) is 0 Å². The van der Waals surface area contributed by atoms with Crippen molar-refractivity contribution in [1.29, 1.82) is 0 Å². The van der Waals surface area contributed by atoms with Crippen LogP contribution in [0.5, 0.6) is 0 Å². The molecule has 0 heterocycles. The van der Waals surface area contributed by atoms with Crippen molar-refractivity contribution in [2.75, 3.05) is 0 Å². The van der Waals surface area contributed by atoms with Gasteiger partial charge in [-0.05, 0) is 25.2 Å². The molecular weight excluding hydrogens is 253 g/mol. The number of esters is 1. The highest BCUT2D eigenvalue weighted by atomic mass is 19.4. The highest BCUT2D eigenvalue weighted by molar-refractivity contribution is 5.81. The SMILES string of the molecule is CC1(C(=O)OC(F)(F)F)CCC(C(=O)O)C1(C)C. The Bertz CT molecular complexity index is 375. The van der Waals surface area contributed by atoms with E-state index in [1.807, 2.05) is 0 Å². The molecule has 4 nitrogen and oxygen atoms in total. The number of carboxylic acids is 1. The first kappa shape index (κ1) is 14.8. The van der Waals surface area contributed by atoms with E-state index in [2.05, 4.69) is 4.74 Å². The molecule has 1 aliphatic carbocycles. The Kier molecular flexibility index (Phi) is 3.40. The third-order valence-electron chi connectivity index (χ3n) is 4.18. The molecule has 0 amide bonds. The Balaban J connectivity index is 3.01. The standard InChI is InChI=1S/C11H15F3O4/c1-9(2)6(7(15)16)4-5-10(9,3)8(17)18-11(12,13)14/h6H,4-5H2,1-3H3,(H,15,16). The third kappa shape index (κ3) is 2.30. The van der Waals surface area contributed by atoms with Crippen molar-refractivity contribution in [3.8, 4) is 0 Å². The van der Waals surface area contributed by atoms with E-state index in [1.165, 1.54) is 20.8 Å². The van der Waals surface area contributed by atoms with Crippen molar-refractivity contribution in [1.82, 2.24) is 0 Å². The van der Waals surface area contributed by atoms with Crippen molar-refractivity contribution in [2.24, 2.45) is 16.7 Å². The molecule has 0 radical (unpaired) electrons. The van der Waals surface area contributed by atoms with Gasteiger partial charge in [0.05, 0.1) is 11.3 Å². The van der Waals surface area contributed by atoms with Crippen LogP contribution in [0.2, 0.25) is 0 Å². The summed E-state index contributed by atoms with van der Waals surface area (Å²) < 4.78 is 39.7. The molecule has 0 aliphatic heterocycles. The molecule has 1 saturated carbocycles. The van der Waals surface area contributed by atoms with E-state index in [4.69, 9.17) is 5.11 Å². The van der Waals surface area contributed by atoms with Crippen molar-refractivity contribution in [2.45, 2.75) is 40.0 Å². The first-order chi connectivity index (χ1) is 7.92. The zero-order valence-electron chi connectivity index (χ0n) is 10.3. The number of ether oxygens (including phenoxy) is 1. The Morgan fingerprint density at radius 3 is 2.11 bits per heavy atom. The van der Waals surface area contributed by atoms with Crippen molar-refractivity contribution in [3.05, 3.63) is 0 Å². The molecule has 0 aromatic heterocycles. The maximum atomic E-state index is 12.1. The summed E-state index contributed by atoms with van der Waals surface area (Å²) >= 11 is 0. The van der Waals surface area contributed by atoms with Gasteiger partial charge in [-0.15, -0.1) is 13.2 Å². The topological polar surface area (TPSA) is 63.6 Å². The van der Waals surface area contributed by atoms with Gasteiger partial charge in [-0.25, -0.2) is 0 Å². The predicted octanol–water partition coefficient (Wildman–Crippen LogP) is 2.58. The fraction of sp³-hybridized carbons (Fsp3) is 0.818. The Morgan fingerprint density at radius 1 is 1.28 bits per heavy atom. The minimum atomic E-state index is -5.04. The fourth-order valence-electron chi connectivity index (χ4n) is 2.52. The second-order valence-corrected chi connectivity index (χ2v) is 5.32. The zero-order chi connectivity index (χ0) is 14.4. The lowest BCUT2D eigenvalue weighted by Gasteiger charge is -2.38. The summed E-state index contributed by atoms with van der Waals surface area (Å²) in [6, 6.07) is 0. The normalized spacial score (nSPS) is 31.1. The van der Waals surface area contributed by atoms with Crippen LogP contribution in [0, 0.1) is 16.7 Å². The maximum Gasteiger partial charge on any atom is 0.575 e. The molecule has 0 saturated heterocycles. The molecule has 1 aliphatic rings. The van der Waals surface area contributed by atoms with Gasteiger partial charge in [0.15, 0.2) is 0 Å². The number of carboxylic acid groups (broad SMARTS) is 1. The molecular formula is C11H15F3O4. The highest BCUT2D eigenvalue weighted by Crippen LogP contribution is 2.57. The van der Waals surface area contributed by atoms with Gasteiger partial charge in [-0.3, -0.25) is 9.59 Å². The molecule has 7 heteroatoms. The van der Waals surface area contributed by atoms with E-state index in [0.717, 1.165) is 0 Å². The fourth-order valence-corrected chi connectivity index (χ4v) is 2.52. The van der Waals surface area contributed by atoms with Gasteiger partial charge in [0, 0.05) is 0 Å². The lowest BCUT2D eigenvalue weighted by molar-refractivity contribution is -0.312. The lowest BCUT2D eigenvalue weighted by Crippen LogP contribution is -2.45. The first-order valence-corrected chi connectivity index (χ1v) is 5.45. The number of rotatable bonds is 2. The number of hydrogen-bond donors (Lipinski definition) is 1. The summed E-state index contributed by atoms with van der Waals surface area (Å²) in [5, 5.41) is 9.02. The molecule has 0 aromatic rings. The summed E-state index contributed by atoms with van der Waals surface area (Å²) in [5.41, 5.74) is -2.55. The number of carbonyl (C=O) groups is 2. The van der Waals surface area contributed by atoms with Crippen LogP contribution in [-0.4, -0.2) is 23.4 Å². The van der Waals surface area contributed by atoms with Crippen molar-refractivity contribution >= 4 is 11.9 Å². The lowest BCUT2D eigenvalue weighted by atomic mass is 9.66. The van der Waals surface area contributed by atoms with Gasteiger partial charge in [-0.2, -0.15) is 0 Å². The number of aliphatic carboxylic acids is 1. The van der Waals surface area contributed by atoms with Crippen LogP contribution in [0.3, 0.4) is 0 Å². The van der Waals surface area contributed by atoms with Gasteiger partial charge in [0.1, 0.15) is 0 Å². The monoisotopic (exact) mass is 268 g/mol. The molecule has 2 unspecified atom stereocenters. The summed E-state index contributed by atoms with van der Waals surface area (Å²) in [7, 11) is 0. The third-order valence-corrected chi connectivity index (χ3v) is 4.18. The summed E-state index contributed by atoms with van der Waals surface area (Å²) in [5.74, 6) is -3.38. The maximum absolute atomic E-state index is 12.1. The van der Waals surface area contributed by atoms with E-state index in [-0.39, 0.29) is 12.8 Å². The van der Waals surface area contributed by atoms with Crippen molar-refractivity contribution < 1.29 is 32.6 Å². The Morgan fingerprint density at radius 2 is 1.78 bits per heavy atom. The minimum absolute atomic E-state index is 0.0614. The van der Waals surface area contributed by atoms with E-state index in [9.17, 15) is 22.8 Å². The van der Waals surface area contributed by atoms with E-state index >= 15 is 0 Å². The molecule has 1 N–H and O–H groups in total. The van der Waals surface area contributed by atoms with E-state index < -0.39 is 35.0 Å². The molecule has 1 rings (SSSR count). The molecule has 0 aromatic carbocycles. The molecule has 18 heavy (non-hydrogen) atoms. The van der Waals surface area contributed by atoms with Gasteiger partial charge in [-0.1, -0.05) is 13.8 Å². The average molecular weight is 268 g/mol. The Hall–Kier alpha value is -1.27. The van der Waals surface area contributed by atoms with Crippen LogP contribution in [-0.2, 0) is 14.3 Å². The van der Waals surface area contributed by atoms with Gasteiger partial charge < -0.3 is 9.84 Å². The molecule has 1 fully saturated rings. The van der Waals surface area contributed by atoms with E-state index in [1.54, 1.807) is 0 Å². The second-order valence-electron chi connectivity index (χ2n) is 5.32. The summed E-state index contributed by atoms with van der Waals surface area (Å²) in [6.07, 6.45) is -4.82. The molecule has 104 valence electrons. The van der Waals surface area contributed by atoms with Crippen LogP contribution >= 0.6 is 0 Å². The quantitative estimate of drug-likeness (QED) is 0.782. The number of alkyl halides is 3. The highest BCUT2D eigenvalue weighted by Gasteiger charge is 2.60. The second kappa shape index (κ2) is 4.13. The molecule has 0 spiro atoms. The zero-order valence-corrected chi connectivity index (χ0v) is 10.3. The van der Waals surface area contributed by atoms with Crippen molar-refractivity contribution in [3.63, 3.8) is 0 Å². The molecule has 0 bridgehead atoms. The number of halogens is 3. The van der Waals surface area contributed by atoms with Crippen LogP contribution in [0.15, 0.2) is 0 Å². The van der Waals surface area contributed by atoms with Crippen LogP contribution in [0.1, 0.15) is 33.6 Å². The van der Waals surface area contributed by atoms with Gasteiger partial charge >= 0.3 is 18.3 Å². The number of hydrogen-bond acceptors (Lipinski definition) is 3. The largest absolute Gasteiger partial charge is 0.575 e. The smallest absolute Gasteiger partial charge is 0.481 e. The minimum Gasteiger partial charge on any atom is -0.481 e. The average Bonchev–Trinajstić information content (AvgIpc) is 2.36. The Labute approximate surface area is 102 Å². The van der Waals surface area contributed by atoms with Crippen LogP contribution in [0.4, 0.5) is 13.2 Å². The van der Waals surface area contributed by atoms with Crippen LogP contribution in [0.25, 0.3) is 0 Å². The van der Waals surface area contributed by atoms with Crippen LogP contribution < -0.4 is 0 Å². The summed E-state index contributed by atoms with van der Waals surface area (Å²) in [6.45, 7) is 4.29. The van der Waals surface area contributed by atoms with Gasteiger partial charge in [0.25, 0.3) is 0 Å². The predicted molar refractivity (Wildman–Crippen MR) is 54.4 cm³/mol. The summed E-state index contributed by atoms with van der Waals surface area (Å²) in [4.78, 5) is 22.7. The van der Waals surface area contributed by atoms with E-state index in [0.29, 0.717) is 0 Å². The first-order valence-electron chi connectivity index (χ1n) is 5.45. The molecule has 2 atom stereocenters. The number of carbonyl (C=O) groups excluding carboxylic acids is 1.